The highest BCUT2D eigenvalue weighted by Crippen LogP contribution is 2.53. The van der Waals surface area contributed by atoms with Gasteiger partial charge in [0.2, 0.25) is 0 Å². The van der Waals surface area contributed by atoms with E-state index in [-0.39, 0.29) is 6.10 Å². The average molecular weight is 334 g/mol. The highest BCUT2D eigenvalue weighted by Gasteiger charge is 2.64. The predicted molar refractivity (Wildman–Crippen MR) is 85.6 cm³/mol. The first-order valence-corrected chi connectivity index (χ1v) is 8.51. The summed E-state index contributed by atoms with van der Waals surface area (Å²) in [5.74, 6) is -0.577. The molecule has 3 heterocycles. The van der Waals surface area contributed by atoms with Gasteiger partial charge < -0.3 is 14.2 Å². The van der Waals surface area contributed by atoms with Crippen LogP contribution >= 0.6 is 0 Å². The van der Waals surface area contributed by atoms with Crippen LogP contribution in [-0.2, 0) is 14.2 Å². The summed E-state index contributed by atoms with van der Waals surface area (Å²) in [6, 6.07) is 1.31. The minimum Gasteiger partial charge on any atom is -0.342 e. The van der Waals surface area contributed by atoms with Crippen LogP contribution in [0.5, 0.6) is 0 Å². The number of aromatic amines is 1. The lowest BCUT2D eigenvalue weighted by molar-refractivity contribution is -0.225. The molecule has 0 unspecified atom stereocenters. The number of rotatable bonds is 3. The van der Waals surface area contributed by atoms with E-state index in [1.54, 1.807) is 6.08 Å². The Balaban J connectivity index is 1.77. The Morgan fingerprint density at radius 3 is 2.71 bits per heavy atom. The molecule has 1 N–H and O–H groups in total. The minimum absolute atomic E-state index is 0.318. The van der Waals surface area contributed by atoms with Gasteiger partial charge in [0.25, 0.3) is 5.56 Å². The Bertz CT molecular complexity index is 763. The van der Waals surface area contributed by atoms with Crippen LogP contribution in [-0.4, -0.2) is 33.1 Å². The van der Waals surface area contributed by atoms with E-state index < -0.39 is 35.0 Å². The van der Waals surface area contributed by atoms with Gasteiger partial charge >= 0.3 is 5.69 Å². The third-order valence-electron chi connectivity index (χ3n) is 5.48. The predicted octanol–water partition coefficient (Wildman–Crippen LogP) is 1.45. The van der Waals surface area contributed by atoms with Crippen molar-refractivity contribution in [1.29, 1.82) is 0 Å². The molecule has 130 valence electrons. The van der Waals surface area contributed by atoms with Crippen molar-refractivity contribution < 1.29 is 14.2 Å². The van der Waals surface area contributed by atoms with Crippen LogP contribution in [0, 0.1) is 0 Å². The van der Waals surface area contributed by atoms with Crippen molar-refractivity contribution in [3.05, 3.63) is 45.8 Å². The van der Waals surface area contributed by atoms with E-state index in [1.807, 2.05) is 6.92 Å². The second kappa shape index (κ2) is 5.40. The van der Waals surface area contributed by atoms with Gasteiger partial charge in [0, 0.05) is 25.1 Å². The van der Waals surface area contributed by atoms with Crippen molar-refractivity contribution in [2.75, 3.05) is 0 Å². The molecule has 2 saturated heterocycles. The van der Waals surface area contributed by atoms with Gasteiger partial charge in [-0.1, -0.05) is 13.0 Å². The molecule has 24 heavy (non-hydrogen) atoms. The molecule has 1 aromatic heterocycles. The van der Waals surface area contributed by atoms with Gasteiger partial charge in [-0.2, -0.15) is 0 Å². The summed E-state index contributed by atoms with van der Waals surface area (Å²) in [4.78, 5) is 25.8. The fourth-order valence-corrected chi connectivity index (χ4v) is 4.17. The SMILES string of the molecule is C=C[C@]1(CC)O[C@@H](n2ccc(=O)[nH]c2=O)[C@@H]2OC3(CCCC3)O[C@@H]21. The Morgan fingerprint density at radius 1 is 1.33 bits per heavy atom. The molecular weight excluding hydrogens is 312 g/mol. The van der Waals surface area contributed by atoms with Crippen LogP contribution in [0.25, 0.3) is 0 Å². The first-order valence-electron chi connectivity index (χ1n) is 8.51. The van der Waals surface area contributed by atoms with Crippen molar-refractivity contribution in [3.63, 3.8) is 0 Å². The zero-order valence-electron chi connectivity index (χ0n) is 13.7. The van der Waals surface area contributed by atoms with Gasteiger partial charge in [-0.3, -0.25) is 14.3 Å². The number of hydrogen-bond donors (Lipinski definition) is 1. The number of ether oxygens (including phenoxy) is 3. The van der Waals surface area contributed by atoms with Crippen LogP contribution in [0.15, 0.2) is 34.5 Å². The lowest BCUT2D eigenvalue weighted by Gasteiger charge is -2.32. The summed E-state index contributed by atoms with van der Waals surface area (Å²) in [6.07, 6.45) is 6.30. The fourth-order valence-electron chi connectivity index (χ4n) is 4.17. The first kappa shape index (κ1) is 15.8. The van der Waals surface area contributed by atoms with Crippen molar-refractivity contribution >= 4 is 0 Å². The number of nitrogens with one attached hydrogen (secondary N) is 1. The molecule has 4 rings (SSSR count). The van der Waals surface area contributed by atoms with E-state index >= 15 is 0 Å². The number of hydrogen-bond acceptors (Lipinski definition) is 5. The number of H-pyrrole nitrogens is 1. The van der Waals surface area contributed by atoms with E-state index in [0.717, 1.165) is 25.7 Å². The Kier molecular flexibility index (Phi) is 3.56. The maximum atomic E-state index is 12.2. The highest BCUT2D eigenvalue weighted by atomic mass is 16.8. The smallest absolute Gasteiger partial charge is 0.330 e. The maximum absolute atomic E-state index is 12.2. The lowest BCUT2D eigenvalue weighted by Crippen LogP contribution is -2.41. The third kappa shape index (κ3) is 2.15. The largest absolute Gasteiger partial charge is 0.342 e. The molecule has 0 amide bonds. The van der Waals surface area contributed by atoms with Crippen LogP contribution < -0.4 is 11.2 Å². The van der Waals surface area contributed by atoms with Gasteiger partial charge in [0.1, 0.15) is 17.8 Å². The Hall–Kier alpha value is -1.70. The van der Waals surface area contributed by atoms with E-state index in [9.17, 15) is 9.59 Å². The molecule has 0 radical (unpaired) electrons. The molecule has 1 aromatic rings. The molecule has 3 fully saturated rings. The van der Waals surface area contributed by atoms with E-state index in [2.05, 4.69) is 11.6 Å². The molecule has 4 atom stereocenters. The molecule has 2 aliphatic heterocycles. The molecule has 7 nitrogen and oxygen atoms in total. The molecule has 7 heteroatoms. The normalized spacial score (nSPS) is 37.0. The lowest BCUT2D eigenvalue weighted by atomic mass is 9.92. The topological polar surface area (TPSA) is 82.6 Å². The summed E-state index contributed by atoms with van der Waals surface area (Å²) < 4.78 is 20.2. The van der Waals surface area contributed by atoms with Gasteiger partial charge in [0.05, 0.1) is 0 Å². The van der Waals surface area contributed by atoms with Crippen LogP contribution in [0.4, 0.5) is 0 Å². The van der Waals surface area contributed by atoms with Crippen molar-refractivity contribution in [2.24, 2.45) is 0 Å². The second-order valence-corrected chi connectivity index (χ2v) is 6.78. The summed E-state index contributed by atoms with van der Waals surface area (Å²) in [7, 11) is 0. The molecule has 0 aromatic carbocycles. The molecule has 3 aliphatic rings. The van der Waals surface area contributed by atoms with Crippen LogP contribution in [0.1, 0.15) is 45.3 Å². The summed E-state index contributed by atoms with van der Waals surface area (Å²) in [5.41, 5.74) is -1.66. The third-order valence-corrected chi connectivity index (χ3v) is 5.48. The summed E-state index contributed by atoms with van der Waals surface area (Å²) in [6.45, 7) is 5.92. The molecule has 1 saturated carbocycles. The maximum Gasteiger partial charge on any atom is 0.330 e. The van der Waals surface area contributed by atoms with Gasteiger partial charge in [-0.15, -0.1) is 6.58 Å². The number of aromatic nitrogens is 2. The van der Waals surface area contributed by atoms with E-state index in [1.165, 1.54) is 16.8 Å². The fraction of sp³-hybridized carbons (Fsp3) is 0.647. The molecular formula is C17H22N2O5. The van der Waals surface area contributed by atoms with E-state index in [4.69, 9.17) is 14.2 Å². The van der Waals surface area contributed by atoms with Gasteiger partial charge in [-0.05, 0) is 19.3 Å². The average Bonchev–Trinajstić information content (AvgIpc) is 3.24. The molecule has 1 aliphatic carbocycles. The standard InChI is InChI=1S/C17H22N2O5/c1-3-16(4-2)13-12(22-17(23-13)8-5-6-9-17)14(24-16)19-10-7-11(20)18-15(19)21/h3,7,10,12-14H,1,4-6,8-9H2,2H3,(H,18,20,21)/t12-,13+,14-,16-/m1/s1. The van der Waals surface area contributed by atoms with Crippen LogP contribution in [0.2, 0.25) is 0 Å². The van der Waals surface area contributed by atoms with Gasteiger partial charge in [-0.25, -0.2) is 4.79 Å². The summed E-state index contributed by atoms with van der Waals surface area (Å²) >= 11 is 0. The Labute approximate surface area is 139 Å². The molecule has 0 bridgehead atoms. The zero-order valence-corrected chi connectivity index (χ0v) is 13.7. The quantitative estimate of drug-likeness (QED) is 0.846. The summed E-state index contributed by atoms with van der Waals surface area (Å²) in [5, 5.41) is 0. The molecule has 1 spiro atoms. The minimum atomic E-state index is -0.711. The van der Waals surface area contributed by atoms with E-state index in [0.29, 0.717) is 6.42 Å². The number of nitrogens with zero attached hydrogens (tertiary/aromatic N) is 1. The highest BCUT2D eigenvalue weighted by molar-refractivity contribution is 5.14. The monoisotopic (exact) mass is 334 g/mol. The first-order chi connectivity index (χ1) is 11.5. The van der Waals surface area contributed by atoms with Gasteiger partial charge in [0.15, 0.2) is 12.0 Å². The van der Waals surface area contributed by atoms with Crippen molar-refractivity contribution in [3.8, 4) is 0 Å². The zero-order chi connectivity index (χ0) is 16.9. The number of fused-ring (bicyclic) bond motifs is 1. The van der Waals surface area contributed by atoms with Crippen LogP contribution in [0.3, 0.4) is 0 Å². The second-order valence-electron chi connectivity index (χ2n) is 6.78. The Morgan fingerprint density at radius 2 is 2.08 bits per heavy atom. The van der Waals surface area contributed by atoms with Crippen molar-refractivity contribution in [1.82, 2.24) is 9.55 Å². The van der Waals surface area contributed by atoms with Crippen molar-refractivity contribution in [2.45, 2.75) is 68.9 Å².